The van der Waals surface area contributed by atoms with Crippen molar-refractivity contribution in [1.29, 1.82) is 5.26 Å². The van der Waals surface area contributed by atoms with Crippen LogP contribution in [0.2, 0.25) is 0 Å². The highest BCUT2D eigenvalue weighted by Gasteiger charge is 2.24. The summed E-state index contributed by atoms with van der Waals surface area (Å²) in [5.41, 5.74) is 0.669. The molecule has 2 N–H and O–H groups in total. The van der Waals surface area contributed by atoms with E-state index in [1.54, 1.807) is 29.8 Å². The second-order valence-corrected chi connectivity index (χ2v) is 6.22. The van der Waals surface area contributed by atoms with E-state index in [0.29, 0.717) is 5.56 Å². The maximum Gasteiger partial charge on any atom is 0.228 e. The predicted molar refractivity (Wildman–Crippen MR) is 65.9 cm³/mol. The van der Waals surface area contributed by atoms with Gasteiger partial charge >= 0.3 is 0 Å². The first-order valence-corrected chi connectivity index (χ1v) is 7.58. The summed E-state index contributed by atoms with van der Waals surface area (Å²) in [5.74, 6) is 0. The Hall–Kier alpha value is -0.940. The summed E-state index contributed by atoms with van der Waals surface area (Å²) in [4.78, 5) is 0. The Bertz CT molecular complexity index is 476. The van der Waals surface area contributed by atoms with Crippen molar-refractivity contribution in [3.8, 4) is 6.07 Å². The van der Waals surface area contributed by atoms with Gasteiger partial charge in [-0.25, -0.2) is 13.1 Å². The van der Waals surface area contributed by atoms with Crippen molar-refractivity contribution in [3.63, 3.8) is 0 Å². The van der Waals surface area contributed by atoms with Gasteiger partial charge in [0.1, 0.15) is 0 Å². The van der Waals surface area contributed by atoms with E-state index in [-0.39, 0.29) is 13.0 Å². The van der Waals surface area contributed by atoms with E-state index in [9.17, 15) is 13.5 Å². The minimum Gasteiger partial charge on any atom is -0.387 e. The molecule has 0 bridgehead atoms. The third-order valence-electron chi connectivity index (χ3n) is 2.30. The fraction of sp³-hybridized carbons (Fsp3) is 0.500. The lowest BCUT2D eigenvalue weighted by Crippen LogP contribution is -2.35. The first-order valence-electron chi connectivity index (χ1n) is 5.09. The van der Waals surface area contributed by atoms with Crippen LogP contribution in [0.4, 0.5) is 0 Å². The van der Waals surface area contributed by atoms with Crippen molar-refractivity contribution >= 4 is 21.4 Å². The number of hydrogen-bond donors (Lipinski definition) is 2. The number of rotatable bonds is 6. The molecule has 0 aliphatic carbocycles. The molecule has 5 nitrogen and oxygen atoms in total. The minimum atomic E-state index is -3.68. The zero-order valence-corrected chi connectivity index (χ0v) is 11.0. The van der Waals surface area contributed by atoms with Crippen molar-refractivity contribution in [3.05, 3.63) is 22.4 Å². The molecule has 0 spiro atoms. The fourth-order valence-corrected chi connectivity index (χ4v) is 3.13. The lowest BCUT2D eigenvalue weighted by atomic mass is 10.2. The number of aliphatic hydroxyl groups excluding tert-OH is 1. The van der Waals surface area contributed by atoms with E-state index in [2.05, 4.69) is 4.72 Å². The molecule has 17 heavy (non-hydrogen) atoms. The molecule has 0 aromatic carbocycles. The Labute approximate surface area is 105 Å². The van der Waals surface area contributed by atoms with Gasteiger partial charge in [-0.05, 0) is 28.8 Å². The van der Waals surface area contributed by atoms with Crippen molar-refractivity contribution in [2.24, 2.45) is 0 Å². The number of nitriles is 1. The molecular weight excluding hydrogens is 260 g/mol. The molecule has 0 saturated heterocycles. The summed E-state index contributed by atoms with van der Waals surface area (Å²) in [5, 5.41) is 20.9. The van der Waals surface area contributed by atoms with Gasteiger partial charge in [0, 0.05) is 6.54 Å². The highest BCUT2D eigenvalue weighted by molar-refractivity contribution is 7.90. The van der Waals surface area contributed by atoms with Crippen LogP contribution in [0.1, 0.15) is 25.0 Å². The maximum atomic E-state index is 11.6. The van der Waals surface area contributed by atoms with Crippen LogP contribution in [0.15, 0.2) is 16.8 Å². The second-order valence-electron chi connectivity index (χ2n) is 3.49. The molecule has 2 unspecified atom stereocenters. The summed E-state index contributed by atoms with van der Waals surface area (Å²) < 4.78 is 25.5. The number of aliphatic hydroxyl groups is 1. The average Bonchev–Trinajstić information content (AvgIpc) is 2.80. The number of hydrogen-bond acceptors (Lipinski definition) is 5. The summed E-state index contributed by atoms with van der Waals surface area (Å²) >= 11 is 1.43. The predicted octanol–water partition coefficient (Wildman–Crippen LogP) is 1.00. The largest absolute Gasteiger partial charge is 0.387 e. The number of sulfonamides is 1. The smallest absolute Gasteiger partial charge is 0.228 e. The highest BCUT2D eigenvalue weighted by atomic mass is 32.2. The third-order valence-corrected chi connectivity index (χ3v) is 4.75. The van der Waals surface area contributed by atoms with Crippen LogP contribution in [0.5, 0.6) is 0 Å². The molecule has 1 heterocycles. The van der Waals surface area contributed by atoms with Crippen molar-refractivity contribution < 1.29 is 13.5 Å². The van der Waals surface area contributed by atoms with Crippen molar-refractivity contribution in [2.45, 2.75) is 24.7 Å². The van der Waals surface area contributed by atoms with E-state index >= 15 is 0 Å². The average molecular weight is 274 g/mol. The summed E-state index contributed by atoms with van der Waals surface area (Å²) in [6, 6.07) is 3.45. The summed E-state index contributed by atoms with van der Waals surface area (Å²) in [7, 11) is -3.68. The Morgan fingerprint density at radius 2 is 2.35 bits per heavy atom. The van der Waals surface area contributed by atoms with Crippen LogP contribution < -0.4 is 4.72 Å². The van der Waals surface area contributed by atoms with Crippen LogP contribution in [-0.4, -0.2) is 25.3 Å². The van der Waals surface area contributed by atoms with Gasteiger partial charge in [-0.3, -0.25) is 0 Å². The molecule has 0 fully saturated rings. The quantitative estimate of drug-likeness (QED) is 0.810. The molecule has 2 atom stereocenters. The minimum absolute atomic E-state index is 0.114. The van der Waals surface area contributed by atoms with E-state index in [4.69, 9.17) is 5.26 Å². The molecule has 0 amide bonds. The van der Waals surface area contributed by atoms with Crippen LogP contribution in [0, 0.1) is 11.3 Å². The van der Waals surface area contributed by atoms with Gasteiger partial charge in [0.05, 0.1) is 12.2 Å². The zero-order valence-electron chi connectivity index (χ0n) is 9.33. The standard InChI is InChI=1S/C10H14N2O3S2/c1-2-9(5-11)17(14,15)12-6-10(13)8-3-4-16-7-8/h3-4,7,9-10,12-13H,2,6H2,1H3. The second kappa shape index (κ2) is 6.12. The normalized spacial score (nSPS) is 15.1. The van der Waals surface area contributed by atoms with Crippen molar-refractivity contribution in [1.82, 2.24) is 4.72 Å². The van der Waals surface area contributed by atoms with E-state index in [1.165, 1.54) is 11.3 Å². The Kier molecular flexibility index (Phi) is 5.08. The van der Waals surface area contributed by atoms with Crippen LogP contribution in [0.25, 0.3) is 0 Å². The van der Waals surface area contributed by atoms with E-state index in [0.717, 1.165) is 0 Å². The van der Waals surface area contributed by atoms with Gasteiger partial charge in [0.25, 0.3) is 0 Å². The van der Waals surface area contributed by atoms with Crippen LogP contribution in [0.3, 0.4) is 0 Å². The maximum absolute atomic E-state index is 11.6. The molecule has 0 radical (unpaired) electrons. The lowest BCUT2D eigenvalue weighted by Gasteiger charge is -2.13. The number of nitrogens with zero attached hydrogens (tertiary/aromatic N) is 1. The van der Waals surface area contributed by atoms with Gasteiger partial charge in [-0.1, -0.05) is 6.92 Å². The third kappa shape index (κ3) is 3.78. The van der Waals surface area contributed by atoms with Gasteiger partial charge in [0.15, 0.2) is 5.25 Å². The van der Waals surface area contributed by atoms with Gasteiger partial charge in [0.2, 0.25) is 10.0 Å². The van der Waals surface area contributed by atoms with Gasteiger partial charge in [-0.2, -0.15) is 16.6 Å². The molecule has 0 aliphatic rings. The first-order chi connectivity index (χ1) is 8.01. The van der Waals surface area contributed by atoms with E-state index in [1.807, 2.05) is 0 Å². The van der Waals surface area contributed by atoms with Crippen LogP contribution >= 0.6 is 11.3 Å². The molecule has 1 aromatic rings. The molecule has 0 saturated carbocycles. The SMILES string of the molecule is CCC(C#N)S(=O)(=O)NCC(O)c1ccsc1. The Morgan fingerprint density at radius 1 is 1.65 bits per heavy atom. The topological polar surface area (TPSA) is 90.2 Å². The van der Waals surface area contributed by atoms with Crippen LogP contribution in [-0.2, 0) is 10.0 Å². The monoisotopic (exact) mass is 274 g/mol. The Balaban J connectivity index is 2.59. The summed E-state index contributed by atoms with van der Waals surface area (Å²) in [6.07, 6.45) is -0.660. The molecule has 1 aromatic heterocycles. The van der Waals surface area contributed by atoms with Crippen molar-refractivity contribution in [2.75, 3.05) is 6.54 Å². The zero-order chi connectivity index (χ0) is 12.9. The highest BCUT2D eigenvalue weighted by Crippen LogP contribution is 2.15. The van der Waals surface area contributed by atoms with Gasteiger partial charge < -0.3 is 5.11 Å². The number of thiophene rings is 1. The molecule has 1 rings (SSSR count). The fourth-order valence-electron chi connectivity index (χ4n) is 1.26. The molecule has 94 valence electrons. The Morgan fingerprint density at radius 3 is 2.82 bits per heavy atom. The molecule has 7 heteroatoms. The molecular formula is C10H14N2O3S2. The van der Waals surface area contributed by atoms with Gasteiger partial charge in [-0.15, -0.1) is 0 Å². The number of nitrogens with one attached hydrogen (secondary N) is 1. The lowest BCUT2D eigenvalue weighted by molar-refractivity contribution is 0.182. The summed E-state index contributed by atoms with van der Waals surface area (Å²) in [6.45, 7) is 1.51. The van der Waals surface area contributed by atoms with E-state index < -0.39 is 21.4 Å². The molecule has 0 aliphatic heterocycles. The first kappa shape index (κ1) is 14.1.